The Labute approximate surface area is 198 Å². The first-order valence-electron chi connectivity index (χ1n) is 11.0. The fourth-order valence-electron chi connectivity index (χ4n) is 3.86. The summed E-state index contributed by atoms with van der Waals surface area (Å²) in [4.78, 5) is 39.5. The Kier molecular flexibility index (Phi) is 6.78. The standard InChI is InChI=1S/C22H25F2N7O4/c1-3-31-19(33)14-4-5-15(35-9-8-30-7-6-22(23,24)12-30)17(34-2)16(14)28-21(31)29-18(32)13-10-26-20(25)27-11-13/h4-5,10-11H,3,6-9,12H2,1-2H3,(H2,25,26,27)(H,28,29,32). The first kappa shape index (κ1) is 24.3. The normalized spacial score (nSPS) is 15.3. The largest absolute Gasteiger partial charge is 0.491 e. The molecule has 0 bridgehead atoms. The zero-order chi connectivity index (χ0) is 25.2. The molecular formula is C22H25F2N7O4. The van der Waals surface area contributed by atoms with Gasteiger partial charge in [-0.3, -0.25) is 24.4 Å². The number of amides is 1. The van der Waals surface area contributed by atoms with E-state index in [1.807, 2.05) is 0 Å². The molecule has 186 valence electrons. The summed E-state index contributed by atoms with van der Waals surface area (Å²) in [7, 11) is 1.40. The zero-order valence-corrected chi connectivity index (χ0v) is 19.3. The molecule has 0 atom stereocenters. The molecule has 1 aromatic carbocycles. The number of methoxy groups -OCH3 is 1. The highest BCUT2D eigenvalue weighted by atomic mass is 19.3. The van der Waals surface area contributed by atoms with Crippen molar-refractivity contribution >= 4 is 28.7 Å². The minimum Gasteiger partial charge on any atom is -0.491 e. The minimum atomic E-state index is -2.68. The Bertz CT molecular complexity index is 1300. The maximum Gasteiger partial charge on any atom is 0.262 e. The second kappa shape index (κ2) is 9.78. The molecule has 1 saturated heterocycles. The number of carbonyl (C=O) groups excluding carboxylic acids is 1. The number of nitrogens with zero attached hydrogens (tertiary/aromatic N) is 5. The second-order valence-electron chi connectivity index (χ2n) is 7.99. The van der Waals surface area contributed by atoms with Gasteiger partial charge in [-0.15, -0.1) is 0 Å². The molecule has 1 aliphatic heterocycles. The van der Waals surface area contributed by atoms with Crippen LogP contribution in [-0.2, 0) is 6.54 Å². The number of anilines is 2. The Balaban J connectivity index is 1.62. The number of fused-ring (bicyclic) bond motifs is 1. The number of ether oxygens (including phenoxy) is 2. The Morgan fingerprint density at radius 1 is 1.29 bits per heavy atom. The average Bonchev–Trinajstić information content (AvgIpc) is 3.17. The summed E-state index contributed by atoms with van der Waals surface area (Å²) < 4.78 is 39.4. The van der Waals surface area contributed by atoms with Crippen molar-refractivity contribution in [3.05, 3.63) is 40.4 Å². The first-order valence-corrected chi connectivity index (χ1v) is 11.0. The van der Waals surface area contributed by atoms with Gasteiger partial charge in [-0.2, -0.15) is 0 Å². The van der Waals surface area contributed by atoms with E-state index in [0.717, 1.165) is 0 Å². The van der Waals surface area contributed by atoms with Gasteiger partial charge in [-0.1, -0.05) is 0 Å². The lowest BCUT2D eigenvalue weighted by molar-refractivity contribution is 0.0112. The zero-order valence-electron chi connectivity index (χ0n) is 19.3. The predicted octanol–water partition coefficient (Wildman–Crippen LogP) is 1.77. The molecule has 3 aromatic rings. The molecule has 0 unspecified atom stereocenters. The summed E-state index contributed by atoms with van der Waals surface area (Å²) in [5.74, 6) is -2.74. The van der Waals surface area contributed by atoms with Crippen molar-refractivity contribution in [1.29, 1.82) is 0 Å². The molecule has 0 radical (unpaired) electrons. The van der Waals surface area contributed by atoms with E-state index in [-0.39, 0.29) is 65.8 Å². The number of likely N-dealkylation sites (tertiary alicyclic amines) is 1. The number of alkyl halides is 2. The van der Waals surface area contributed by atoms with Crippen LogP contribution in [0.5, 0.6) is 11.5 Å². The maximum atomic E-state index is 13.4. The highest BCUT2D eigenvalue weighted by Gasteiger charge is 2.37. The molecule has 3 heterocycles. The summed E-state index contributed by atoms with van der Waals surface area (Å²) in [6.07, 6.45) is 2.35. The van der Waals surface area contributed by atoms with Crippen LogP contribution >= 0.6 is 0 Å². The van der Waals surface area contributed by atoms with Crippen molar-refractivity contribution < 1.29 is 23.0 Å². The molecule has 0 aliphatic carbocycles. The molecule has 0 spiro atoms. The third-order valence-electron chi connectivity index (χ3n) is 5.64. The number of rotatable bonds is 8. The number of hydrogen-bond acceptors (Lipinski definition) is 9. The molecule has 13 heteroatoms. The molecule has 1 aliphatic rings. The smallest absolute Gasteiger partial charge is 0.262 e. The van der Waals surface area contributed by atoms with Crippen LogP contribution in [0.4, 0.5) is 20.7 Å². The van der Waals surface area contributed by atoms with Gasteiger partial charge in [0, 0.05) is 38.4 Å². The number of nitrogens with two attached hydrogens (primary N) is 1. The van der Waals surface area contributed by atoms with Gasteiger partial charge in [0.2, 0.25) is 11.9 Å². The fraction of sp³-hybridized carbons (Fsp3) is 0.409. The van der Waals surface area contributed by atoms with Gasteiger partial charge in [-0.05, 0) is 19.1 Å². The minimum absolute atomic E-state index is 0.00146. The van der Waals surface area contributed by atoms with Crippen LogP contribution in [0.15, 0.2) is 29.3 Å². The molecule has 3 N–H and O–H groups in total. The average molecular weight is 489 g/mol. The summed E-state index contributed by atoms with van der Waals surface area (Å²) in [5.41, 5.74) is 5.40. The van der Waals surface area contributed by atoms with E-state index >= 15 is 0 Å². The van der Waals surface area contributed by atoms with Crippen molar-refractivity contribution in [2.45, 2.75) is 25.8 Å². The number of halogens is 2. The topological polar surface area (TPSA) is 137 Å². The first-order chi connectivity index (χ1) is 16.7. The van der Waals surface area contributed by atoms with Crippen molar-refractivity contribution in [3.8, 4) is 11.5 Å². The van der Waals surface area contributed by atoms with Crippen LogP contribution in [0.2, 0.25) is 0 Å². The molecule has 2 aromatic heterocycles. The highest BCUT2D eigenvalue weighted by molar-refractivity contribution is 6.03. The number of nitrogens with one attached hydrogen (secondary N) is 1. The molecule has 1 fully saturated rings. The van der Waals surface area contributed by atoms with E-state index in [2.05, 4.69) is 20.3 Å². The van der Waals surface area contributed by atoms with Gasteiger partial charge in [0.25, 0.3) is 17.4 Å². The summed E-state index contributed by atoms with van der Waals surface area (Å²) in [5, 5.41) is 2.87. The molecule has 1 amide bonds. The van der Waals surface area contributed by atoms with E-state index < -0.39 is 11.8 Å². The number of aromatic nitrogens is 4. The lowest BCUT2D eigenvalue weighted by atomic mass is 10.2. The molecule has 0 saturated carbocycles. The van der Waals surface area contributed by atoms with Gasteiger partial charge in [0.05, 0.1) is 24.6 Å². The van der Waals surface area contributed by atoms with Gasteiger partial charge in [0.15, 0.2) is 11.5 Å². The summed E-state index contributed by atoms with van der Waals surface area (Å²) in [6.45, 7) is 2.44. The third-order valence-corrected chi connectivity index (χ3v) is 5.64. The lowest BCUT2D eigenvalue weighted by Crippen LogP contribution is -2.29. The number of nitrogen functional groups attached to an aromatic ring is 1. The molecule has 4 rings (SSSR count). The quantitative estimate of drug-likeness (QED) is 0.485. The van der Waals surface area contributed by atoms with E-state index in [9.17, 15) is 18.4 Å². The monoisotopic (exact) mass is 489 g/mol. The van der Waals surface area contributed by atoms with Crippen LogP contribution in [0.1, 0.15) is 23.7 Å². The molecule has 11 nitrogen and oxygen atoms in total. The van der Waals surface area contributed by atoms with Gasteiger partial charge in [-0.25, -0.2) is 23.7 Å². The number of hydrogen-bond donors (Lipinski definition) is 2. The van der Waals surface area contributed by atoms with E-state index in [4.69, 9.17) is 15.2 Å². The molecule has 35 heavy (non-hydrogen) atoms. The fourth-order valence-corrected chi connectivity index (χ4v) is 3.86. The van der Waals surface area contributed by atoms with Crippen molar-refractivity contribution in [2.24, 2.45) is 0 Å². The van der Waals surface area contributed by atoms with Crippen molar-refractivity contribution in [3.63, 3.8) is 0 Å². The van der Waals surface area contributed by atoms with Crippen LogP contribution < -0.4 is 26.1 Å². The third kappa shape index (κ3) is 5.14. The van der Waals surface area contributed by atoms with Crippen LogP contribution in [0.3, 0.4) is 0 Å². The predicted molar refractivity (Wildman–Crippen MR) is 124 cm³/mol. The lowest BCUT2D eigenvalue weighted by Gasteiger charge is -2.18. The van der Waals surface area contributed by atoms with E-state index in [1.165, 1.54) is 24.1 Å². The Morgan fingerprint density at radius 3 is 2.66 bits per heavy atom. The van der Waals surface area contributed by atoms with E-state index in [1.54, 1.807) is 24.0 Å². The van der Waals surface area contributed by atoms with Gasteiger partial charge in [0.1, 0.15) is 12.1 Å². The van der Waals surface area contributed by atoms with Gasteiger partial charge < -0.3 is 15.2 Å². The Hall–Kier alpha value is -3.87. The molecular weight excluding hydrogens is 464 g/mol. The van der Waals surface area contributed by atoms with Crippen LogP contribution in [0.25, 0.3) is 10.9 Å². The summed E-state index contributed by atoms with van der Waals surface area (Å²) in [6, 6.07) is 3.13. The second-order valence-corrected chi connectivity index (χ2v) is 7.99. The van der Waals surface area contributed by atoms with E-state index in [0.29, 0.717) is 18.8 Å². The number of carbonyl (C=O) groups is 1. The SMILES string of the molecule is CCn1c(NC(=O)c2cnc(N)nc2)nc2c(OC)c(OCCN3CCC(F)(F)C3)ccc2c1=O. The highest BCUT2D eigenvalue weighted by Crippen LogP contribution is 2.34. The van der Waals surface area contributed by atoms with Crippen LogP contribution in [0, 0.1) is 0 Å². The Morgan fingerprint density at radius 2 is 2.03 bits per heavy atom. The van der Waals surface area contributed by atoms with Crippen molar-refractivity contribution in [1.82, 2.24) is 24.4 Å². The summed E-state index contributed by atoms with van der Waals surface area (Å²) >= 11 is 0. The number of benzene rings is 1. The van der Waals surface area contributed by atoms with Crippen molar-refractivity contribution in [2.75, 3.05) is 44.4 Å². The van der Waals surface area contributed by atoms with Crippen LogP contribution in [-0.4, -0.2) is 69.6 Å². The van der Waals surface area contributed by atoms with Gasteiger partial charge >= 0.3 is 0 Å². The maximum absolute atomic E-state index is 13.4.